The number of hydrogen-bond acceptors (Lipinski definition) is 5. The summed E-state index contributed by atoms with van der Waals surface area (Å²) in [4.78, 5) is 43.1. The highest BCUT2D eigenvalue weighted by atomic mass is 19.1. The fraction of sp³-hybridized carbons (Fsp3) is 0.444. The lowest BCUT2D eigenvalue weighted by atomic mass is 9.70. The number of alkyl carbamates (subject to hydrolysis) is 1. The smallest absolute Gasteiger partial charge is 0.408 e. The first kappa shape index (κ1) is 32.9. The van der Waals surface area contributed by atoms with E-state index in [1.54, 1.807) is 34.0 Å². The Morgan fingerprint density at radius 3 is 2.24 bits per heavy atom. The van der Waals surface area contributed by atoms with Crippen LogP contribution < -0.4 is 10.6 Å². The van der Waals surface area contributed by atoms with Gasteiger partial charge in [0, 0.05) is 43.5 Å². The van der Waals surface area contributed by atoms with Crippen molar-refractivity contribution in [2.75, 3.05) is 12.4 Å². The molecule has 5 rings (SSSR count). The predicted molar refractivity (Wildman–Crippen MR) is 175 cm³/mol. The summed E-state index contributed by atoms with van der Waals surface area (Å²) in [5, 5.41) is 15.2. The van der Waals surface area contributed by atoms with Gasteiger partial charge in [-0.1, -0.05) is 54.6 Å². The number of hydrogen-bond donors (Lipinski definition) is 3. The van der Waals surface area contributed by atoms with Gasteiger partial charge in [0.25, 0.3) is 0 Å². The van der Waals surface area contributed by atoms with E-state index in [9.17, 15) is 23.9 Å². The molecule has 0 saturated heterocycles. The average Bonchev–Trinajstić information content (AvgIpc) is 2.99. The van der Waals surface area contributed by atoms with Crippen molar-refractivity contribution in [3.05, 3.63) is 72.4 Å². The number of anilines is 1. The number of carboxylic acid groups (broad SMARTS) is 1. The molecule has 3 N–H and O–H groups in total. The number of aromatic nitrogens is 1. The van der Waals surface area contributed by atoms with Crippen molar-refractivity contribution in [2.24, 2.45) is 5.92 Å². The van der Waals surface area contributed by atoms with Gasteiger partial charge in [0.05, 0.1) is 23.1 Å². The van der Waals surface area contributed by atoms with Gasteiger partial charge in [0.1, 0.15) is 11.8 Å². The molecule has 1 heterocycles. The molecule has 0 bridgehead atoms. The van der Waals surface area contributed by atoms with E-state index in [1.807, 2.05) is 60.7 Å². The molecule has 1 aromatic heterocycles. The minimum absolute atomic E-state index is 0.00263. The van der Waals surface area contributed by atoms with E-state index in [0.29, 0.717) is 12.1 Å². The SMILES string of the molecule is CN(C(=O)O)C1CCC(CC(=O)Nc2cnc(-c3ccc([C@]4(NC(=O)OC(C)(C)C)C[C@@H](F)C4)cc3)c(-c3ccccc3)c2)CC1. The molecule has 2 aliphatic carbocycles. The number of pyridine rings is 1. The molecule has 244 valence electrons. The van der Waals surface area contributed by atoms with E-state index >= 15 is 0 Å². The maximum absolute atomic E-state index is 14.1. The molecule has 0 unspecified atom stereocenters. The van der Waals surface area contributed by atoms with Crippen LogP contribution in [0.4, 0.5) is 19.7 Å². The molecule has 2 fully saturated rings. The first-order chi connectivity index (χ1) is 21.8. The van der Waals surface area contributed by atoms with Crippen LogP contribution in [0.25, 0.3) is 22.4 Å². The summed E-state index contributed by atoms with van der Waals surface area (Å²) in [5.41, 5.74) is 3.23. The number of benzene rings is 2. The van der Waals surface area contributed by atoms with Gasteiger partial charge < -0.3 is 25.4 Å². The summed E-state index contributed by atoms with van der Waals surface area (Å²) in [6.07, 6.45) is 2.98. The molecule has 46 heavy (non-hydrogen) atoms. The van der Waals surface area contributed by atoms with Gasteiger partial charge in [-0.2, -0.15) is 0 Å². The Hall–Kier alpha value is -4.47. The van der Waals surface area contributed by atoms with E-state index in [1.165, 1.54) is 4.90 Å². The van der Waals surface area contributed by atoms with Crippen molar-refractivity contribution in [3.8, 4) is 22.4 Å². The summed E-state index contributed by atoms with van der Waals surface area (Å²) >= 11 is 0. The largest absolute Gasteiger partial charge is 0.465 e. The first-order valence-corrected chi connectivity index (χ1v) is 15.9. The number of halogens is 1. The van der Waals surface area contributed by atoms with Crippen molar-refractivity contribution in [1.82, 2.24) is 15.2 Å². The van der Waals surface area contributed by atoms with Gasteiger partial charge in [-0.25, -0.2) is 14.0 Å². The molecule has 0 spiro atoms. The molecular weight excluding hydrogens is 587 g/mol. The number of carbonyl (C=O) groups excluding carboxylic acids is 2. The summed E-state index contributed by atoms with van der Waals surface area (Å²) in [6.45, 7) is 5.37. The molecule has 3 aromatic rings. The molecule has 0 radical (unpaired) electrons. The lowest BCUT2D eigenvalue weighted by molar-refractivity contribution is -0.117. The van der Waals surface area contributed by atoms with Crippen LogP contribution in [-0.2, 0) is 15.1 Å². The van der Waals surface area contributed by atoms with Crippen LogP contribution in [0.2, 0.25) is 0 Å². The van der Waals surface area contributed by atoms with Gasteiger partial charge in [0.2, 0.25) is 5.91 Å². The standard InChI is InChI=1S/C36H43FN4O5/c1-35(2,3)46-33(43)40-36(20-27(37)21-36)26-14-12-25(13-15-26)32-30(24-8-6-5-7-9-24)19-28(22-38-32)39-31(42)18-23-10-16-29(17-11-23)41(4)34(44)45/h5-9,12-15,19,22-23,27,29H,10-11,16-18,20-21H2,1-4H3,(H,39,42)(H,40,43)(H,44,45)/t23?,27-,29?,36+. The number of nitrogens with zero attached hydrogens (tertiary/aromatic N) is 2. The monoisotopic (exact) mass is 630 g/mol. The summed E-state index contributed by atoms with van der Waals surface area (Å²) in [7, 11) is 1.60. The second-order valence-electron chi connectivity index (χ2n) is 13.6. The topological polar surface area (TPSA) is 121 Å². The Morgan fingerprint density at radius 2 is 1.65 bits per heavy atom. The van der Waals surface area contributed by atoms with Crippen molar-refractivity contribution in [2.45, 2.75) is 89.1 Å². The molecule has 10 heteroatoms. The molecule has 3 amide bonds. The minimum Gasteiger partial charge on any atom is -0.465 e. The quantitative estimate of drug-likeness (QED) is 0.234. The van der Waals surface area contributed by atoms with Crippen LogP contribution in [0.3, 0.4) is 0 Å². The third-order valence-corrected chi connectivity index (χ3v) is 8.99. The fourth-order valence-electron chi connectivity index (χ4n) is 6.52. The second-order valence-corrected chi connectivity index (χ2v) is 13.6. The molecular formula is C36H43FN4O5. The molecule has 0 aliphatic heterocycles. The highest BCUT2D eigenvalue weighted by Gasteiger charge is 2.48. The van der Waals surface area contributed by atoms with Gasteiger partial charge in [-0.15, -0.1) is 0 Å². The van der Waals surface area contributed by atoms with Crippen molar-refractivity contribution in [1.29, 1.82) is 0 Å². The normalized spacial score (nSPS) is 22.7. The van der Waals surface area contributed by atoms with E-state index in [2.05, 4.69) is 10.6 Å². The predicted octanol–water partition coefficient (Wildman–Crippen LogP) is 7.76. The number of ether oxygens (including phenoxy) is 1. The van der Waals surface area contributed by atoms with Gasteiger partial charge in [-0.05, 0) is 69.6 Å². The number of amides is 3. The van der Waals surface area contributed by atoms with Crippen molar-refractivity contribution >= 4 is 23.8 Å². The Morgan fingerprint density at radius 1 is 1.00 bits per heavy atom. The molecule has 9 nitrogen and oxygen atoms in total. The van der Waals surface area contributed by atoms with Crippen molar-refractivity contribution < 1.29 is 28.6 Å². The van der Waals surface area contributed by atoms with Crippen LogP contribution >= 0.6 is 0 Å². The fourth-order valence-corrected chi connectivity index (χ4v) is 6.52. The summed E-state index contributed by atoms with van der Waals surface area (Å²) < 4.78 is 19.6. The third kappa shape index (κ3) is 7.84. The number of rotatable bonds is 8. The molecule has 2 saturated carbocycles. The zero-order valence-electron chi connectivity index (χ0n) is 26.9. The van der Waals surface area contributed by atoms with E-state index in [4.69, 9.17) is 9.72 Å². The minimum atomic E-state index is -1.00. The van der Waals surface area contributed by atoms with Gasteiger partial charge in [-0.3, -0.25) is 9.78 Å². The highest BCUT2D eigenvalue weighted by Crippen LogP contribution is 2.44. The lowest BCUT2D eigenvalue weighted by Gasteiger charge is -2.45. The van der Waals surface area contributed by atoms with Crippen molar-refractivity contribution in [3.63, 3.8) is 0 Å². The summed E-state index contributed by atoms with van der Waals surface area (Å²) in [6, 6.07) is 19.4. The second kappa shape index (κ2) is 13.5. The number of carbonyl (C=O) groups is 3. The molecule has 2 aliphatic rings. The van der Waals surface area contributed by atoms with Gasteiger partial charge >= 0.3 is 12.2 Å². The first-order valence-electron chi connectivity index (χ1n) is 15.9. The maximum atomic E-state index is 14.1. The Balaban J connectivity index is 1.32. The van der Waals surface area contributed by atoms with Crippen LogP contribution in [0.15, 0.2) is 66.9 Å². The Labute approximate surface area is 269 Å². The third-order valence-electron chi connectivity index (χ3n) is 8.99. The van der Waals surface area contributed by atoms with E-state index < -0.39 is 29.5 Å². The van der Waals surface area contributed by atoms with Gasteiger partial charge in [0.15, 0.2) is 0 Å². The van der Waals surface area contributed by atoms with Crippen LogP contribution in [0.5, 0.6) is 0 Å². The number of nitrogens with one attached hydrogen (secondary N) is 2. The van der Waals surface area contributed by atoms with Crippen LogP contribution in [0, 0.1) is 5.92 Å². The molecule has 0 atom stereocenters. The van der Waals surface area contributed by atoms with E-state index in [0.717, 1.165) is 53.6 Å². The average molecular weight is 631 g/mol. The van der Waals surface area contributed by atoms with Crippen LogP contribution in [0.1, 0.15) is 71.3 Å². The molecule has 2 aromatic carbocycles. The van der Waals surface area contributed by atoms with Crippen LogP contribution in [-0.4, -0.2) is 57.9 Å². The Bertz CT molecular complexity index is 1540. The summed E-state index contributed by atoms with van der Waals surface area (Å²) in [5.74, 6) is 0.108. The Kier molecular flexibility index (Phi) is 9.65. The highest BCUT2D eigenvalue weighted by molar-refractivity contribution is 5.93. The zero-order chi connectivity index (χ0) is 33.1. The number of alkyl halides is 1. The van der Waals surface area contributed by atoms with E-state index in [-0.39, 0.29) is 30.7 Å². The maximum Gasteiger partial charge on any atom is 0.408 e. The lowest BCUT2D eigenvalue weighted by Crippen LogP contribution is -2.56. The zero-order valence-corrected chi connectivity index (χ0v) is 26.9.